The lowest BCUT2D eigenvalue weighted by Crippen LogP contribution is -2.12. The zero-order chi connectivity index (χ0) is 17.6. The van der Waals surface area contributed by atoms with Crippen molar-refractivity contribution in [3.63, 3.8) is 0 Å². The Balaban J connectivity index is 1.60. The fourth-order valence-electron chi connectivity index (χ4n) is 2.43. The molecule has 1 heterocycles. The maximum Gasteiger partial charge on any atom is 0.257 e. The highest BCUT2D eigenvalue weighted by atomic mass is 35.5. The number of nitrogens with zero attached hydrogens (tertiary/aromatic N) is 1. The van der Waals surface area contributed by atoms with Gasteiger partial charge >= 0.3 is 0 Å². The number of hydrogen-bond acceptors (Lipinski definition) is 3. The number of anilines is 2. The molecule has 0 fully saturated rings. The molecule has 5 heteroatoms. The van der Waals surface area contributed by atoms with Crippen molar-refractivity contribution in [1.82, 2.24) is 4.98 Å². The summed E-state index contributed by atoms with van der Waals surface area (Å²) < 4.78 is 0. The van der Waals surface area contributed by atoms with Crippen LogP contribution in [0.15, 0.2) is 66.9 Å². The monoisotopic (exact) mass is 351 g/mol. The van der Waals surface area contributed by atoms with Crippen molar-refractivity contribution in [1.29, 1.82) is 0 Å². The van der Waals surface area contributed by atoms with E-state index < -0.39 is 0 Å². The van der Waals surface area contributed by atoms with Crippen molar-refractivity contribution in [3.8, 4) is 0 Å². The third kappa shape index (κ3) is 4.58. The number of carbonyl (C=O) groups is 1. The summed E-state index contributed by atoms with van der Waals surface area (Å²) in [7, 11) is 0. The van der Waals surface area contributed by atoms with E-state index >= 15 is 0 Å². The van der Waals surface area contributed by atoms with Gasteiger partial charge in [0.15, 0.2) is 0 Å². The molecular formula is C20H18ClN3O. The Morgan fingerprint density at radius 2 is 1.92 bits per heavy atom. The van der Waals surface area contributed by atoms with Crippen LogP contribution in [0.1, 0.15) is 21.5 Å². The highest BCUT2D eigenvalue weighted by Crippen LogP contribution is 2.17. The predicted octanol–water partition coefficient (Wildman–Crippen LogP) is 4.91. The summed E-state index contributed by atoms with van der Waals surface area (Å²) >= 11 is 6.03. The summed E-state index contributed by atoms with van der Waals surface area (Å²) in [6, 6.07) is 18.9. The lowest BCUT2D eigenvalue weighted by Gasteiger charge is -2.09. The first kappa shape index (κ1) is 17.0. The van der Waals surface area contributed by atoms with Gasteiger partial charge in [0.25, 0.3) is 5.91 Å². The van der Waals surface area contributed by atoms with Crippen LogP contribution in [0.5, 0.6) is 0 Å². The summed E-state index contributed by atoms with van der Waals surface area (Å²) in [4.78, 5) is 16.6. The van der Waals surface area contributed by atoms with Crippen LogP contribution in [-0.4, -0.2) is 10.9 Å². The maximum absolute atomic E-state index is 12.2. The van der Waals surface area contributed by atoms with Gasteiger partial charge < -0.3 is 10.6 Å². The molecule has 0 spiro atoms. The van der Waals surface area contributed by atoms with Crippen molar-refractivity contribution >= 4 is 29.0 Å². The van der Waals surface area contributed by atoms with E-state index in [0.29, 0.717) is 22.8 Å². The first-order valence-electron chi connectivity index (χ1n) is 7.93. The molecular weight excluding hydrogens is 334 g/mol. The van der Waals surface area contributed by atoms with Crippen LogP contribution in [0.2, 0.25) is 5.02 Å². The van der Waals surface area contributed by atoms with Gasteiger partial charge in [0, 0.05) is 6.54 Å². The SMILES string of the molecule is Cc1cccc(CNc2ccc(NC(=O)c3ccccc3Cl)cn2)c1. The average Bonchev–Trinajstić information content (AvgIpc) is 2.61. The van der Waals surface area contributed by atoms with Crippen molar-refractivity contribution in [2.75, 3.05) is 10.6 Å². The number of nitrogens with one attached hydrogen (secondary N) is 2. The van der Waals surface area contributed by atoms with Gasteiger partial charge in [-0.25, -0.2) is 4.98 Å². The summed E-state index contributed by atoms with van der Waals surface area (Å²) in [5.74, 6) is 0.491. The summed E-state index contributed by atoms with van der Waals surface area (Å²) in [5.41, 5.74) is 3.47. The molecule has 0 aliphatic rings. The topological polar surface area (TPSA) is 54.0 Å². The van der Waals surface area contributed by atoms with Gasteiger partial charge in [0.1, 0.15) is 5.82 Å². The molecule has 0 saturated heterocycles. The Morgan fingerprint density at radius 3 is 2.64 bits per heavy atom. The molecule has 126 valence electrons. The lowest BCUT2D eigenvalue weighted by atomic mass is 10.1. The molecule has 0 unspecified atom stereocenters. The number of carbonyl (C=O) groups excluding carboxylic acids is 1. The second-order valence-electron chi connectivity index (χ2n) is 5.71. The van der Waals surface area contributed by atoms with Crippen LogP contribution < -0.4 is 10.6 Å². The first-order valence-corrected chi connectivity index (χ1v) is 8.31. The van der Waals surface area contributed by atoms with Crippen LogP contribution in [0.3, 0.4) is 0 Å². The minimum Gasteiger partial charge on any atom is -0.366 e. The fraction of sp³-hybridized carbons (Fsp3) is 0.100. The van der Waals surface area contributed by atoms with Gasteiger partial charge in [-0.3, -0.25) is 4.79 Å². The molecule has 2 aromatic carbocycles. The highest BCUT2D eigenvalue weighted by molar-refractivity contribution is 6.34. The highest BCUT2D eigenvalue weighted by Gasteiger charge is 2.09. The van der Waals surface area contributed by atoms with E-state index in [4.69, 9.17) is 11.6 Å². The van der Waals surface area contributed by atoms with Crippen LogP contribution in [0.4, 0.5) is 11.5 Å². The molecule has 1 aromatic heterocycles. The second-order valence-corrected chi connectivity index (χ2v) is 6.12. The Morgan fingerprint density at radius 1 is 1.08 bits per heavy atom. The molecule has 1 amide bonds. The quantitative estimate of drug-likeness (QED) is 0.686. The second kappa shape index (κ2) is 7.81. The lowest BCUT2D eigenvalue weighted by molar-refractivity contribution is 0.102. The summed E-state index contributed by atoms with van der Waals surface area (Å²) in [5, 5.41) is 6.48. The molecule has 3 aromatic rings. The summed E-state index contributed by atoms with van der Waals surface area (Å²) in [6.07, 6.45) is 1.62. The predicted molar refractivity (Wildman–Crippen MR) is 102 cm³/mol. The van der Waals surface area contributed by atoms with Crippen molar-refractivity contribution in [2.45, 2.75) is 13.5 Å². The normalized spacial score (nSPS) is 10.3. The number of aryl methyl sites for hydroxylation is 1. The molecule has 0 radical (unpaired) electrons. The molecule has 0 aliphatic carbocycles. The Labute approximate surface area is 151 Å². The maximum atomic E-state index is 12.2. The largest absolute Gasteiger partial charge is 0.366 e. The van der Waals surface area contributed by atoms with Crippen molar-refractivity contribution in [2.24, 2.45) is 0 Å². The van der Waals surface area contributed by atoms with Gasteiger partial charge in [0.2, 0.25) is 0 Å². The number of hydrogen-bond donors (Lipinski definition) is 2. The standard InChI is InChI=1S/C20H18ClN3O/c1-14-5-4-6-15(11-14)12-22-19-10-9-16(13-23-19)24-20(25)17-7-2-3-8-18(17)21/h2-11,13H,12H2,1H3,(H,22,23)(H,24,25). The van der Waals surface area contributed by atoms with E-state index in [0.717, 1.165) is 5.82 Å². The molecule has 4 nitrogen and oxygen atoms in total. The van der Waals surface area contributed by atoms with E-state index in [9.17, 15) is 4.79 Å². The zero-order valence-corrected chi connectivity index (χ0v) is 14.5. The van der Waals surface area contributed by atoms with E-state index in [1.165, 1.54) is 11.1 Å². The van der Waals surface area contributed by atoms with Gasteiger partial charge in [-0.2, -0.15) is 0 Å². The molecule has 0 aliphatic heterocycles. The number of amides is 1. The van der Waals surface area contributed by atoms with E-state index in [2.05, 4.69) is 40.7 Å². The van der Waals surface area contributed by atoms with E-state index in [-0.39, 0.29) is 5.91 Å². The Hall–Kier alpha value is -2.85. The summed E-state index contributed by atoms with van der Waals surface area (Å²) in [6.45, 7) is 2.76. The van der Waals surface area contributed by atoms with Crippen LogP contribution in [-0.2, 0) is 6.54 Å². The van der Waals surface area contributed by atoms with Crippen molar-refractivity contribution in [3.05, 3.63) is 88.6 Å². The fourth-order valence-corrected chi connectivity index (χ4v) is 2.65. The number of halogens is 1. The third-order valence-corrected chi connectivity index (χ3v) is 4.03. The van der Waals surface area contributed by atoms with Crippen molar-refractivity contribution < 1.29 is 4.79 Å². The number of benzene rings is 2. The first-order chi connectivity index (χ1) is 12.1. The minimum atomic E-state index is -0.257. The van der Waals surface area contributed by atoms with Crippen LogP contribution >= 0.6 is 11.6 Å². The van der Waals surface area contributed by atoms with E-state index in [1.807, 2.05) is 12.1 Å². The van der Waals surface area contributed by atoms with Gasteiger partial charge in [0.05, 0.1) is 22.5 Å². The molecule has 3 rings (SSSR count). The smallest absolute Gasteiger partial charge is 0.257 e. The Kier molecular flexibility index (Phi) is 5.31. The number of pyridine rings is 1. The molecule has 2 N–H and O–H groups in total. The molecule has 0 atom stereocenters. The zero-order valence-electron chi connectivity index (χ0n) is 13.8. The Bertz CT molecular complexity index is 878. The number of rotatable bonds is 5. The van der Waals surface area contributed by atoms with Gasteiger partial charge in [-0.1, -0.05) is 53.6 Å². The third-order valence-electron chi connectivity index (χ3n) is 3.70. The molecule has 25 heavy (non-hydrogen) atoms. The number of aromatic nitrogens is 1. The molecule has 0 saturated carbocycles. The van der Waals surface area contributed by atoms with E-state index in [1.54, 1.807) is 36.5 Å². The van der Waals surface area contributed by atoms with Gasteiger partial charge in [-0.15, -0.1) is 0 Å². The van der Waals surface area contributed by atoms with Gasteiger partial charge in [-0.05, 0) is 36.8 Å². The molecule has 0 bridgehead atoms. The van der Waals surface area contributed by atoms with Crippen LogP contribution in [0, 0.1) is 6.92 Å². The minimum absolute atomic E-state index is 0.257. The van der Waals surface area contributed by atoms with Crippen LogP contribution in [0.25, 0.3) is 0 Å². The average molecular weight is 352 g/mol.